The van der Waals surface area contributed by atoms with Gasteiger partial charge >= 0.3 is 0 Å². The maximum absolute atomic E-state index is 15.8. The number of anilines is 1. The zero-order valence-electron chi connectivity index (χ0n) is 19.0. The molecular weight excluding hydrogens is 457 g/mol. The van der Waals surface area contributed by atoms with Gasteiger partial charge < -0.3 is 25.4 Å². The quantitative estimate of drug-likeness (QED) is 0.573. The van der Waals surface area contributed by atoms with Gasteiger partial charge in [0.25, 0.3) is 0 Å². The first-order chi connectivity index (χ1) is 16.4. The van der Waals surface area contributed by atoms with Crippen LogP contribution in [0.15, 0.2) is 48.5 Å². The second-order valence-corrected chi connectivity index (χ2v) is 8.91. The third-order valence-electron chi connectivity index (χ3n) is 6.89. The number of hydrogen-bond acceptors (Lipinski definition) is 5. The summed E-state index contributed by atoms with van der Waals surface area (Å²) in [4.78, 5) is 14.7. The van der Waals surface area contributed by atoms with Crippen LogP contribution in [0.25, 0.3) is 11.1 Å². The lowest BCUT2D eigenvalue weighted by Crippen LogP contribution is -2.57. The summed E-state index contributed by atoms with van der Waals surface area (Å²) >= 11 is 6.84. The van der Waals surface area contributed by atoms with Crippen LogP contribution in [0.5, 0.6) is 11.5 Å². The number of hydrogen-bond donors (Lipinski definition) is 2. The molecule has 1 saturated heterocycles. The first kappa shape index (κ1) is 22.5. The summed E-state index contributed by atoms with van der Waals surface area (Å²) in [6, 6.07) is 15.0. The minimum Gasteiger partial charge on any atom is -0.495 e. The largest absolute Gasteiger partial charge is 0.495 e. The minimum absolute atomic E-state index is 0.00259. The molecule has 1 amide bonds. The molecule has 2 aliphatic rings. The van der Waals surface area contributed by atoms with Gasteiger partial charge in [0.1, 0.15) is 5.75 Å². The van der Waals surface area contributed by atoms with Crippen molar-refractivity contribution in [1.29, 1.82) is 0 Å². The van der Waals surface area contributed by atoms with Crippen molar-refractivity contribution in [1.82, 2.24) is 5.32 Å². The molecule has 3 aromatic carbocycles. The highest BCUT2D eigenvalue weighted by Crippen LogP contribution is 2.54. The molecule has 3 aromatic rings. The average Bonchev–Trinajstić information content (AvgIpc) is 3.19. The molecule has 2 heterocycles. The van der Waals surface area contributed by atoms with Crippen molar-refractivity contribution >= 4 is 23.2 Å². The Morgan fingerprint density at radius 2 is 1.85 bits per heavy atom. The maximum Gasteiger partial charge on any atom is 0.249 e. The third kappa shape index (κ3) is 3.22. The van der Waals surface area contributed by atoms with E-state index in [1.807, 2.05) is 24.3 Å². The molecule has 0 saturated carbocycles. The Labute approximate surface area is 202 Å². The van der Waals surface area contributed by atoms with Gasteiger partial charge in [-0.15, -0.1) is 0 Å². The molecule has 0 radical (unpaired) electrons. The van der Waals surface area contributed by atoms with Crippen LogP contribution in [0.3, 0.4) is 0 Å². The molecule has 8 heteroatoms. The van der Waals surface area contributed by atoms with Crippen LogP contribution in [-0.2, 0) is 12.0 Å². The Morgan fingerprint density at radius 3 is 2.53 bits per heavy atom. The fourth-order valence-electron chi connectivity index (χ4n) is 5.36. The number of nitrogens with two attached hydrogens (primary N) is 1. The second-order valence-electron chi connectivity index (χ2n) is 8.54. The number of fused-ring (bicyclic) bond motifs is 3. The van der Waals surface area contributed by atoms with E-state index < -0.39 is 17.3 Å². The van der Waals surface area contributed by atoms with Gasteiger partial charge in [-0.25, -0.2) is 4.39 Å². The zero-order chi connectivity index (χ0) is 24.0. The summed E-state index contributed by atoms with van der Waals surface area (Å²) in [7, 11) is 2.89. The van der Waals surface area contributed by atoms with Crippen molar-refractivity contribution in [2.75, 3.05) is 38.8 Å². The molecule has 34 heavy (non-hydrogen) atoms. The maximum atomic E-state index is 15.8. The number of halogens is 2. The van der Waals surface area contributed by atoms with E-state index in [1.54, 1.807) is 0 Å². The Hall–Kier alpha value is -3.29. The number of ether oxygens (including phenoxy) is 2. The number of rotatable bonds is 5. The minimum atomic E-state index is -0.751. The van der Waals surface area contributed by atoms with Crippen LogP contribution in [0.4, 0.5) is 10.1 Å². The van der Waals surface area contributed by atoms with Crippen molar-refractivity contribution in [3.8, 4) is 22.6 Å². The van der Waals surface area contributed by atoms with Crippen molar-refractivity contribution in [2.45, 2.75) is 12.0 Å². The van der Waals surface area contributed by atoms with E-state index in [-0.39, 0.29) is 21.9 Å². The van der Waals surface area contributed by atoms with E-state index in [0.29, 0.717) is 24.3 Å². The summed E-state index contributed by atoms with van der Waals surface area (Å²) in [5.41, 5.74) is 8.63. The highest BCUT2D eigenvalue weighted by atomic mass is 35.5. The van der Waals surface area contributed by atoms with Crippen molar-refractivity contribution in [3.05, 3.63) is 76.1 Å². The number of benzene rings is 3. The normalized spacial score (nSPS) is 18.9. The number of carbonyl (C=O) groups is 1. The van der Waals surface area contributed by atoms with Gasteiger partial charge in [-0.1, -0.05) is 41.9 Å². The van der Waals surface area contributed by atoms with Gasteiger partial charge in [0.05, 0.1) is 30.3 Å². The van der Waals surface area contributed by atoms with Crippen LogP contribution < -0.4 is 25.4 Å². The predicted octanol–water partition coefficient (Wildman–Crippen LogP) is 4.12. The standard InChI is InChI=1S/C26H25ClFN3O3/c1-33-19-9-8-16(25(29)32)22(24(19)28)21-17-13-26(15-6-4-3-5-7-15)14-30-10-11-31(26)18(17)12-20(34-2)23(21)27/h3-9,12,30H,10-11,13-14H2,1-2H3,(H2,29,32). The van der Waals surface area contributed by atoms with Crippen LogP contribution in [-0.4, -0.2) is 39.8 Å². The summed E-state index contributed by atoms with van der Waals surface area (Å²) in [5, 5.41) is 3.75. The van der Waals surface area contributed by atoms with Crippen LogP contribution in [0.1, 0.15) is 21.5 Å². The monoisotopic (exact) mass is 481 g/mol. The number of primary amides is 1. The molecule has 2 aliphatic heterocycles. The van der Waals surface area contributed by atoms with Gasteiger partial charge in [0.2, 0.25) is 5.91 Å². The Kier molecular flexibility index (Phi) is 5.62. The van der Waals surface area contributed by atoms with E-state index in [2.05, 4.69) is 22.3 Å². The molecule has 0 aromatic heterocycles. The lowest BCUT2D eigenvalue weighted by Gasteiger charge is -2.45. The highest BCUT2D eigenvalue weighted by molar-refractivity contribution is 6.35. The molecular formula is C26H25ClFN3O3. The van der Waals surface area contributed by atoms with Crippen molar-refractivity contribution < 1.29 is 18.7 Å². The summed E-state index contributed by atoms with van der Waals surface area (Å²) in [6.45, 7) is 2.25. The molecule has 176 valence electrons. The molecule has 6 nitrogen and oxygen atoms in total. The average molecular weight is 482 g/mol. The molecule has 0 aliphatic carbocycles. The summed E-state index contributed by atoms with van der Waals surface area (Å²) in [5.74, 6) is -1.04. The first-order valence-corrected chi connectivity index (χ1v) is 11.4. The third-order valence-corrected chi connectivity index (χ3v) is 7.27. The molecule has 0 bridgehead atoms. The van der Waals surface area contributed by atoms with Crippen molar-refractivity contribution in [3.63, 3.8) is 0 Å². The van der Waals surface area contributed by atoms with Gasteiger partial charge in [0, 0.05) is 48.9 Å². The number of methoxy groups -OCH3 is 2. The fraction of sp³-hybridized carbons (Fsp3) is 0.269. The Bertz CT molecular complexity index is 1280. The lowest BCUT2D eigenvalue weighted by atomic mass is 9.83. The number of amides is 1. The summed E-state index contributed by atoms with van der Waals surface area (Å²) < 4.78 is 26.6. The van der Waals surface area contributed by atoms with E-state index in [4.69, 9.17) is 26.8 Å². The molecule has 3 N–H and O–H groups in total. The van der Waals surface area contributed by atoms with Crippen LogP contribution in [0, 0.1) is 5.82 Å². The molecule has 0 spiro atoms. The van der Waals surface area contributed by atoms with Gasteiger partial charge in [-0.2, -0.15) is 0 Å². The van der Waals surface area contributed by atoms with Crippen molar-refractivity contribution in [2.24, 2.45) is 5.73 Å². The Balaban J connectivity index is 1.84. The smallest absolute Gasteiger partial charge is 0.249 e. The van der Waals surface area contributed by atoms with E-state index in [9.17, 15) is 4.79 Å². The Morgan fingerprint density at radius 1 is 1.12 bits per heavy atom. The molecule has 1 fully saturated rings. The van der Waals surface area contributed by atoms with Gasteiger partial charge in [0.15, 0.2) is 11.6 Å². The van der Waals surface area contributed by atoms with E-state index >= 15 is 4.39 Å². The fourth-order valence-corrected chi connectivity index (χ4v) is 5.70. The lowest BCUT2D eigenvalue weighted by molar-refractivity contribution is 0.100. The SMILES string of the molecule is COc1ccc(C(N)=O)c(-c2c(Cl)c(OC)cc3c2CC2(c4ccccc4)CNCCN32)c1F. The molecule has 1 atom stereocenters. The first-order valence-electron chi connectivity index (χ1n) is 11.0. The van der Waals surface area contributed by atoms with E-state index in [1.165, 1.54) is 26.4 Å². The van der Waals surface area contributed by atoms with Gasteiger partial charge in [-0.05, 0) is 23.3 Å². The zero-order valence-corrected chi connectivity index (χ0v) is 19.7. The van der Waals surface area contributed by atoms with E-state index in [0.717, 1.165) is 29.9 Å². The van der Waals surface area contributed by atoms with Gasteiger partial charge in [-0.3, -0.25) is 4.79 Å². The number of piperazine rings is 1. The predicted molar refractivity (Wildman–Crippen MR) is 131 cm³/mol. The topological polar surface area (TPSA) is 76.8 Å². The van der Waals surface area contributed by atoms with Crippen LogP contribution in [0.2, 0.25) is 5.02 Å². The molecule has 1 unspecified atom stereocenters. The highest BCUT2D eigenvalue weighted by Gasteiger charge is 2.48. The molecule has 5 rings (SSSR count). The van der Waals surface area contributed by atoms with Crippen LogP contribution >= 0.6 is 11.6 Å². The number of carbonyl (C=O) groups excluding carboxylic acids is 1. The second kappa shape index (κ2) is 8.49. The number of nitrogens with one attached hydrogen (secondary N) is 1. The summed E-state index contributed by atoms with van der Waals surface area (Å²) in [6.07, 6.45) is 0.563. The number of nitrogens with zero attached hydrogens (tertiary/aromatic N) is 1.